The SMILES string of the molecule is O=C1NC[C@@]2(CCCN(C(=O)NC3CCN(C(=O)c4ccco4)CC3)CC2)O1. The van der Waals surface area contributed by atoms with E-state index in [1.165, 1.54) is 6.26 Å². The molecule has 28 heavy (non-hydrogen) atoms. The molecular formula is C19H26N4O5. The summed E-state index contributed by atoms with van der Waals surface area (Å²) < 4.78 is 10.6. The molecule has 1 atom stereocenters. The van der Waals surface area contributed by atoms with Crippen molar-refractivity contribution in [1.29, 1.82) is 0 Å². The van der Waals surface area contributed by atoms with Crippen molar-refractivity contribution in [2.75, 3.05) is 32.7 Å². The number of furan rings is 1. The Hall–Kier alpha value is -2.71. The Morgan fingerprint density at radius 2 is 1.96 bits per heavy atom. The first-order chi connectivity index (χ1) is 13.5. The third-order valence-corrected chi connectivity index (χ3v) is 5.89. The van der Waals surface area contributed by atoms with E-state index in [0.717, 1.165) is 25.7 Å². The van der Waals surface area contributed by atoms with E-state index in [9.17, 15) is 14.4 Å². The topological polar surface area (TPSA) is 104 Å². The van der Waals surface area contributed by atoms with E-state index in [2.05, 4.69) is 10.6 Å². The van der Waals surface area contributed by atoms with Crippen molar-refractivity contribution in [3.63, 3.8) is 0 Å². The van der Waals surface area contributed by atoms with Gasteiger partial charge in [-0.05, 0) is 37.8 Å². The molecule has 0 bridgehead atoms. The summed E-state index contributed by atoms with van der Waals surface area (Å²) in [4.78, 5) is 40.0. The normalized spacial score (nSPS) is 25.9. The molecule has 4 heterocycles. The molecule has 9 nitrogen and oxygen atoms in total. The average molecular weight is 390 g/mol. The molecule has 0 saturated carbocycles. The highest BCUT2D eigenvalue weighted by molar-refractivity contribution is 5.91. The van der Waals surface area contributed by atoms with Crippen molar-refractivity contribution in [1.82, 2.24) is 20.4 Å². The quantitative estimate of drug-likeness (QED) is 0.798. The standard InChI is InChI=1S/C19H26N4O5/c24-16(15-3-1-12-27-15)22-9-4-14(5-10-22)21-17(25)23-8-2-6-19(7-11-23)13-20-18(26)28-19/h1,3,12,14H,2,4-11,13H2,(H,20,26)(H,21,25)/t19-/m0/s1. The number of hydrogen-bond acceptors (Lipinski definition) is 5. The molecule has 1 spiro atoms. The van der Waals surface area contributed by atoms with Gasteiger partial charge >= 0.3 is 12.1 Å². The van der Waals surface area contributed by atoms with Crippen LogP contribution in [0.15, 0.2) is 22.8 Å². The van der Waals surface area contributed by atoms with Crippen LogP contribution in [0, 0.1) is 0 Å². The highest BCUT2D eigenvalue weighted by atomic mass is 16.6. The second-order valence-electron chi connectivity index (χ2n) is 7.76. The van der Waals surface area contributed by atoms with E-state index in [1.807, 2.05) is 0 Å². The number of nitrogens with zero attached hydrogens (tertiary/aromatic N) is 2. The number of hydrogen-bond donors (Lipinski definition) is 2. The molecular weight excluding hydrogens is 364 g/mol. The maximum absolute atomic E-state index is 12.7. The van der Waals surface area contributed by atoms with Crippen molar-refractivity contribution in [2.24, 2.45) is 0 Å². The Labute approximate surface area is 163 Å². The minimum Gasteiger partial charge on any atom is -0.459 e. The number of amides is 4. The molecule has 9 heteroatoms. The highest BCUT2D eigenvalue weighted by Crippen LogP contribution is 2.29. The number of carbonyl (C=O) groups excluding carboxylic acids is 3. The van der Waals surface area contributed by atoms with Gasteiger partial charge in [-0.1, -0.05) is 0 Å². The van der Waals surface area contributed by atoms with Gasteiger partial charge in [0.25, 0.3) is 5.91 Å². The highest BCUT2D eigenvalue weighted by Gasteiger charge is 2.42. The smallest absolute Gasteiger partial charge is 0.407 e. The van der Waals surface area contributed by atoms with Crippen LogP contribution in [0.2, 0.25) is 0 Å². The molecule has 0 aromatic carbocycles. The number of likely N-dealkylation sites (tertiary alicyclic amines) is 2. The second kappa shape index (κ2) is 7.73. The predicted molar refractivity (Wildman–Crippen MR) is 98.8 cm³/mol. The fourth-order valence-electron chi connectivity index (χ4n) is 4.20. The maximum Gasteiger partial charge on any atom is 0.407 e. The molecule has 1 aromatic heterocycles. The molecule has 3 fully saturated rings. The number of nitrogens with one attached hydrogen (secondary N) is 2. The van der Waals surface area contributed by atoms with E-state index < -0.39 is 5.60 Å². The summed E-state index contributed by atoms with van der Waals surface area (Å²) in [6, 6.07) is 3.34. The maximum atomic E-state index is 12.7. The van der Waals surface area contributed by atoms with Gasteiger partial charge in [0.1, 0.15) is 5.60 Å². The van der Waals surface area contributed by atoms with Gasteiger partial charge in [-0.3, -0.25) is 4.79 Å². The van der Waals surface area contributed by atoms with Crippen LogP contribution in [-0.4, -0.2) is 72.2 Å². The van der Waals surface area contributed by atoms with Crippen LogP contribution in [-0.2, 0) is 4.74 Å². The fraction of sp³-hybridized carbons (Fsp3) is 0.632. The lowest BCUT2D eigenvalue weighted by atomic mass is 9.95. The Kier molecular flexibility index (Phi) is 5.15. The molecule has 4 amide bonds. The van der Waals surface area contributed by atoms with E-state index >= 15 is 0 Å². The van der Waals surface area contributed by atoms with Crippen LogP contribution in [0.3, 0.4) is 0 Å². The largest absolute Gasteiger partial charge is 0.459 e. The number of carbonyl (C=O) groups is 3. The van der Waals surface area contributed by atoms with Gasteiger partial charge in [0.15, 0.2) is 5.76 Å². The molecule has 0 radical (unpaired) electrons. The van der Waals surface area contributed by atoms with Crippen molar-refractivity contribution in [3.05, 3.63) is 24.2 Å². The number of alkyl carbamates (subject to hydrolysis) is 1. The summed E-state index contributed by atoms with van der Waals surface area (Å²) in [5.41, 5.74) is -0.469. The summed E-state index contributed by atoms with van der Waals surface area (Å²) in [6.07, 6.45) is 4.79. The second-order valence-corrected chi connectivity index (χ2v) is 7.76. The zero-order valence-electron chi connectivity index (χ0n) is 15.8. The first kappa shape index (κ1) is 18.6. The molecule has 3 aliphatic rings. The summed E-state index contributed by atoms with van der Waals surface area (Å²) >= 11 is 0. The minimum atomic E-state index is -0.469. The van der Waals surface area contributed by atoms with Crippen LogP contribution in [0.5, 0.6) is 0 Å². The van der Waals surface area contributed by atoms with Crippen molar-refractivity contribution in [3.8, 4) is 0 Å². The fourth-order valence-corrected chi connectivity index (χ4v) is 4.20. The van der Waals surface area contributed by atoms with Crippen LogP contribution >= 0.6 is 0 Å². The molecule has 4 rings (SSSR count). The van der Waals surface area contributed by atoms with Crippen molar-refractivity contribution < 1.29 is 23.5 Å². The van der Waals surface area contributed by atoms with Gasteiger partial charge < -0.3 is 29.6 Å². The lowest BCUT2D eigenvalue weighted by Gasteiger charge is -2.33. The monoisotopic (exact) mass is 390 g/mol. The van der Waals surface area contributed by atoms with Gasteiger partial charge in [0, 0.05) is 38.6 Å². The summed E-state index contributed by atoms with van der Waals surface area (Å²) in [5.74, 6) is 0.246. The number of rotatable bonds is 2. The third-order valence-electron chi connectivity index (χ3n) is 5.89. The summed E-state index contributed by atoms with van der Waals surface area (Å²) in [7, 11) is 0. The van der Waals surface area contributed by atoms with E-state index in [1.54, 1.807) is 21.9 Å². The van der Waals surface area contributed by atoms with Gasteiger partial charge in [0.05, 0.1) is 12.8 Å². The van der Waals surface area contributed by atoms with E-state index in [0.29, 0.717) is 44.9 Å². The molecule has 152 valence electrons. The van der Waals surface area contributed by atoms with Gasteiger partial charge in [-0.2, -0.15) is 0 Å². The van der Waals surface area contributed by atoms with Crippen LogP contribution in [0.25, 0.3) is 0 Å². The molecule has 1 aromatic rings. The Morgan fingerprint density at radius 1 is 1.14 bits per heavy atom. The van der Waals surface area contributed by atoms with Gasteiger partial charge in [-0.25, -0.2) is 9.59 Å². The predicted octanol–water partition coefficient (Wildman–Crippen LogP) is 1.56. The average Bonchev–Trinajstić information content (AvgIpc) is 3.30. The van der Waals surface area contributed by atoms with Gasteiger partial charge in [-0.15, -0.1) is 0 Å². The van der Waals surface area contributed by atoms with Crippen LogP contribution in [0.1, 0.15) is 42.7 Å². The Morgan fingerprint density at radius 3 is 2.64 bits per heavy atom. The zero-order chi connectivity index (χ0) is 19.6. The summed E-state index contributed by atoms with van der Waals surface area (Å²) in [5, 5.41) is 5.82. The van der Waals surface area contributed by atoms with Crippen molar-refractivity contribution >= 4 is 18.0 Å². The van der Waals surface area contributed by atoms with E-state index in [-0.39, 0.29) is 24.1 Å². The number of piperidine rings is 1. The Balaban J connectivity index is 1.24. The summed E-state index contributed by atoms with van der Waals surface area (Å²) in [6.45, 7) is 2.92. The zero-order valence-corrected chi connectivity index (χ0v) is 15.8. The van der Waals surface area contributed by atoms with Crippen LogP contribution < -0.4 is 10.6 Å². The molecule has 3 saturated heterocycles. The minimum absolute atomic E-state index is 0.0522. The lowest BCUT2D eigenvalue weighted by molar-refractivity contribution is 0.0453. The number of ether oxygens (including phenoxy) is 1. The van der Waals surface area contributed by atoms with Crippen molar-refractivity contribution in [2.45, 2.75) is 43.7 Å². The number of urea groups is 1. The Bertz CT molecular complexity index is 729. The first-order valence-corrected chi connectivity index (χ1v) is 9.90. The van der Waals surface area contributed by atoms with E-state index in [4.69, 9.17) is 9.15 Å². The molecule has 2 N–H and O–H groups in total. The third kappa shape index (κ3) is 3.93. The molecule has 0 unspecified atom stereocenters. The lowest BCUT2D eigenvalue weighted by Crippen LogP contribution is -2.50. The van der Waals surface area contributed by atoms with Gasteiger partial charge in [0.2, 0.25) is 0 Å². The first-order valence-electron chi connectivity index (χ1n) is 9.90. The van der Waals surface area contributed by atoms with Crippen LogP contribution in [0.4, 0.5) is 9.59 Å². The molecule has 3 aliphatic heterocycles. The molecule has 0 aliphatic carbocycles.